The Morgan fingerprint density at radius 2 is 2.04 bits per heavy atom. The first-order chi connectivity index (χ1) is 13.0. The molecule has 0 spiro atoms. The van der Waals surface area contributed by atoms with E-state index in [2.05, 4.69) is 16.0 Å². The van der Waals surface area contributed by atoms with Crippen molar-refractivity contribution in [1.82, 2.24) is 10.6 Å². The molecule has 0 saturated heterocycles. The Balaban J connectivity index is 2.05. The van der Waals surface area contributed by atoms with Crippen LogP contribution in [-0.2, 0) is 14.3 Å². The van der Waals surface area contributed by atoms with Gasteiger partial charge in [-0.3, -0.25) is 9.59 Å². The average molecular weight is 393 g/mol. The fourth-order valence-electron chi connectivity index (χ4n) is 2.53. The summed E-state index contributed by atoms with van der Waals surface area (Å²) in [6.45, 7) is 8.19. The number of nitrogens with one attached hydrogen (secondary N) is 3. The molecule has 9 heteroatoms. The standard InChI is InChI=1S/C19H27N3O6/c1-10-6-7-12-14(8-10)27-9-13(16(24)20-12)21-17(25)15(11(2)23)22-18(26)28-19(3,4)5/h6-8,11,13,15,23H,9H2,1-5H3,(H,20,24)(H,21,25)(H,22,26)/t11-,13-,15-/m0/s1. The van der Waals surface area contributed by atoms with Gasteiger partial charge in [-0.2, -0.15) is 0 Å². The van der Waals surface area contributed by atoms with Gasteiger partial charge in [0.15, 0.2) is 0 Å². The molecule has 1 aliphatic rings. The van der Waals surface area contributed by atoms with Crippen LogP contribution in [0.1, 0.15) is 33.3 Å². The SMILES string of the molecule is Cc1ccc2c(c1)OC[C@H](NC(=O)[C@@H](NC(=O)OC(C)(C)C)[C@H](C)O)C(=O)N2. The second-order valence-electron chi connectivity index (χ2n) is 7.73. The number of carbonyl (C=O) groups excluding carboxylic acids is 3. The smallest absolute Gasteiger partial charge is 0.408 e. The minimum Gasteiger partial charge on any atom is -0.489 e. The Morgan fingerprint density at radius 3 is 2.64 bits per heavy atom. The third kappa shape index (κ3) is 5.85. The van der Waals surface area contributed by atoms with E-state index in [-0.39, 0.29) is 6.61 Å². The highest BCUT2D eigenvalue weighted by Crippen LogP contribution is 2.27. The maximum absolute atomic E-state index is 12.6. The average Bonchev–Trinajstić information content (AvgIpc) is 2.70. The number of fused-ring (bicyclic) bond motifs is 1. The van der Waals surface area contributed by atoms with Crippen molar-refractivity contribution < 1.29 is 29.0 Å². The van der Waals surface area contributed by atoms with Crippen LogP contribution in [0.25, 0.3) is 0 Å². The van der Waals surface area contributed by atoms with E-state index < -0.39 is 41.7 Å². The fraction of sp³-hybridized carbons (Fsp3) is 0.526. The summed E-state index contributed by atoms with van der Waals surface area (Å²) >= 11 is 0. The predicted octanol–water partition coefficient (Wildman–Crippen LogP) is 1.08. The molecule has 3 atom stereocenters. The summed E-state index contributed by atoms with van der Waals surface area (Å²) in [5, 5.41) is 17.4. The number of aryl methyl sites for hydroxylation is 1. The van der Waals surface area contributed by atoms with Gasteiger partial charge in [0.2, 0.25) is 5.91 Å². The quantitative estimate of drug-likeness (QED) is 0.607. The lowest BCUT2D eigenvalue weighted by atomic mass is 10.1. The first kappa shape index (κ1) is 21.5. The summed E-state index contributed by atoms with van der Waals surface area (Å²) in [7, 11) is 0. The van der Waals surface area contributed by atoms with Crippen LogP contribution in [0.5, 0.6) is 5.75 Å². The Morgan fingerprint density at radius 1 is 1.36 bits per heavy atom. The summed E-state index contributed by atoms with van der Waals surface area (Å²) in [6, 6.07) is 3.03. The molecule has 1 heterocycles. The maximum Gasteiger partial charge on any atom is 0.408 e. The molecular weight excluding hydrogens is 366 g/mol. The molecule has 28 heavy (non-hydrogen) atoms. The minimum atomic E-state index is -1.30. The van der Waals surface area contributed by atoms with Crippen molar-refractivity contribution in [2.75, 3.05) is 11.9 Å². The number of amides is 3. The van der Waals surface area contributed by atoms with E-state index in [0.717, 1.165) is 5.56 Å². The van der Waals surface area contributed by atoms with Gasteiger partial charge in [-0.1, -0.05) is 6.07 Å². The zero-order chi connectivity index (χ0) is 21.1. The molecule has 0 aromatic heterocycles. The van der Waals surface area contributed by atoms with Gasteiger partial charge >= 0.3 is 6.09 Å². The van der Waals surface area contributed by atoms with E-state index in [4.69, 9.17) is 9.47 Å². The number of anilines is 1. The lowest BCUT2D eigenvalue weighted by molar-refractivity contribution is -0.130. The molecular formula is C19H27N3O6. The first-order valence-electron chi connectivity index (χ1n) is 8.98. The molecule has 9 nitrogen and oxygen atoms in total. The van der Waals surface area contributed by atoms with Crippen LogP contribution in [0.2, 0.25) is 0 Å². The van der Waals surface area contributed by atoms with E-state index >= 15 is 0 Å². The lowest BCUT2D eigenvalue weighted by Gasteiger charge is -2.25. The zero-order valence-electron chi connectivity index (χ0n) is 16.7. The molecule has 1 aliphatic heterocycles. The summed E-state index contributed by atoms with van der Waals surface area (Å²) in [5.74, 6) is -0.687. The molecule has 0 bridgehead atoms. The van der Waals surface area contributed by atoms with Gasteiger partial charge in [0, 0.05) is 0 Å². The predicted molar refractivity (Wildman–Crippen MR) is 102 cm³/mol. The van der Waals surface area contributed by atoms with Crippen LogP contribution >= 0.6 is 0 Å². The largest absolute Gasteiger partial charge is 0.489 e. The number of rotatable bonds is 4. The van der Waals surface area contributed by atoms with Crippen LogP contribution in [0.3, 0.4) is 0 Å². The van der Waals surface area contributed by atoms with Crippen molar-refractivity contribution in [3.8, 4) is 5.75 Å². The summed E-state index contributed by atoms with van der Waals surface area (Å²) in [4.78, 5) is 36.9. The summed E-state index contributed by atoms with van der Waals surface area (Å²) in [6.07, 6.45) is -2.06. The highest BCUT2D eigenvalue weighted by Gasteiger charge is 2.32. The third-order valence-corrected chi connectivity index (χ3v) is 3.87. The number of hydrogen-bond acceptors (Lipinski definition) is 6. The van der Waals surface area contributed by atoms with Crippen LogP contribution < -0.4 is 20.7 Å². The number of benzene rings is 1. The summed E-state index contributed by atoms with van der Waals surface area (Å²) < 4.78 is 10.7. The Hall–Kier alpha value is -2.81. The molecule has 0 saturated carbocycles. The molecule has 3 amide bonds. The molecule has 1 aromatic carbocycles. The third-order valence-electron chi connectivity index (χ3n) is 3.87. The summed E-state index contributed by atoms with van der Waals surface area (Å²) in [5.41, 5.74) is 0.709. The number of aliphatic hydroxyl groups is 1. The van der Waals surface area contributed by atoms with Gasteiger partial charge in [0.25, 0.3) is 5.91 Å². The first-order valence-corrected chi connectivity index (χ1v) is 8.98. The van der Waals surface area contributed by atoms with E-state index in [9.17, 15) is 19.5 Å². The van der Waals surface area contributed by atoms with Gasteiger partial charge in [-0.15, -0.1) is 0 Å². The van der Waals surface area contributed by atoms with Crippen molar-refractivity contribution in [2.45, 2.75) is 58.4 Å². The molecule has 1 aromatic rings. The van der Waals surface area contributed by atoms with Crippen molar-refractivity contribution in [1.29, 1.82) is 0 Å². The second kappa shape index (κ2) is 8.47. The van der Waals surface area contributed by atoms with Crippen molar-refractivity contribution in [2.24, 2.45) is 0 Å². The normalized spacial score (nSPS) is 18.5. The number of hydrogen-bond donors (Lipinski definition) is 4. The van der Waals surface area contributed by atoms with Gasteiger partial charge < -0.3 is 30.5 Å². The molecule has 154 valence electrons. The Kier molecular flexibility index (Phi) is 6.50. The topological polar surface area (TPSA) is 126 Å². The van der Waals surface area contributed by atoms with Crippen molar-refractivity contribution in [3.05, 3.63) is 23.8 Å². The van der Waals surface area contributed by atoms with E-state index in [1.165, 1.54) is 6.92 Å². The molecule has 0 fully saturated rings. The fourth-order valence-corrected chi connectivity index (χ4v) is 2.53. The maximum atomic E-state index is 12.6. The number of carbonyl (C=O) groups is 3. The van der Waals surface area contributed by atoms with E-state index in [1.54, 1.807) is 32.9 Å². The lowest BCUT2D eigenvalue weighted by Crippen LogP contribution is -2.57. The van der Waals surface area contributed by atoms with Crippen LogP contribution in [0.4, 0.5) is 10.5 Å². The van der Waals surface area contributed by atoms with E-state index in [1.807, 2.05) is 13.0 Å². The van der Waals surface area contributed by atoms with Gasteiger partial charge in [-0.25, -0.2) is 4.79 Å². The second-order valence-corrected chi connectivity index (χ2v) is 7.73. The molecule has 0 radical (unpaired) electrons. The molecule has 2 rings (SSSR count). The molecule has 0 unspecified atom stereocenters. The van der Waals surface area contributed by atoms with Gasteiger partial charge in [0.1, 0.15) is 30.0 Å². The van der Waals surface area contributed by atoms with Crippen molar-refractivity contribution in [3.63, 3.8) is 0 Å². The van der Waals surface area contributed by atoms with Crippen LogP contribution in [0, 0.1) is 6.92 Å². The number of alkyl carbamates (subject to hydrolysis) is 1. The van der Waals surface area contributed by atoms with Gasteiger partial charge in [0.05, 0.1) is 11.8 Å². The number of ether oxygens (including phenoxy) is 2. The highest BCUT2D eigenvalue weighted by molar-refractivity contribution is 6.00. The molecule has 4 N–H and O–H groups in total. The number of aliphatic hydroxyl groups excluding tert-OH is 1. The molecule has 0 aliphatic carbocycles. The van der Waals surface area contributed by atoms with Gasteiger partial charge in [-0.05, 0) is 52.3 Å². The highest BCUT2D eigenvalue weighted by atomic mass is 16.6. The van der Waals surface area contributed by atoms with E-state index in [0.29, 0.717) is 11.4 Å². The Bertz CT molecular complexity index is 757. The monoisotopic (exact) mass is 393 g/mol. The van der Waals surface area contributed by atoms with Crippen LogP contribution in [0.15, 0.2) is 18.2 Å². The zero-order valence-corrected chi connectivity index (χ0v) is 16.7. The van der Waals surface area contributed by atoms with Crippen molar-refractivity contribution >= 4 is 23.6 Å². The Labute approximate surface area is 163 Å². The van der Waals surface area contributed by atoms with Crippen LogP contribution in [-0.4, -0.2) is 53.4 Å². The minimum absolute atomic E-state index is 0.0903.